The molecule has 0 radical (unpaired) electrons. The van der Waals surface area contributed by atoms with Gasteiger partial charge in [0.2, 0.25) is 0 Å². The molecule has 0 spiro atoms. The third-order valence-corrected chi connectivity index (χ3v) is 13.1. The van der Waals surface area contributed by atoms with E-state index in [9.17, 15) is 19.8 Å². The molecule has 190 valence electrons. The molecular weight excluding hydrogens is 424 g/mol. The number of hydrogen-bond donors (Lipinski definition) is 2. The van der Waals surface area contributed by atoms with Gasteiger partial charge in [-0.2, -0.15) is 0 Å². The number of aliphatic carboxylic acids is 1. The summed E-state index contributed by atoms with van der Waals surface area (Å²) in [5.74, 6) is 0.0603. The van der Waals surface area contributed by atoms with Crippen LogP contribution in [0.1, 0.15) is 106 Å². The van der Waals surface area contributed by atoms with Crippen LogP contribution in [0.4, 0.5) is 0 Å². The third-order valence-electron chi connectivity index (χ3n) is 13.1. The predicted molar refractivity (Wildman–Crippen MR) is 133 cm³/mol. The Balaban J connectivity index is 1.62. The summed E-state index contributed by atoms with van der Waals surface area (Å²) < 4.78 is 0. The number of rotatable bonds is 1. The lowest BCUT2D eigenvalue weighted by Gasteiger charge is -2.70. The Kier molecular flexibility index (Phi) is 5.04. The molecule has 0 aromatic rings. The summed E-state index contributed by atoms with van der Waals surface area (Å²) in [7, 11) is 0. The summed E-state index contributed by atoms with van der Waals surface area (Å²) in [5, 5.41) is 20.9. The number of aliphatic hydroxyl groups is 1. The van der Waals surface area contributed by atoms with E-state index < -0.39 is 11.4 Å². The average Bonchev–Trinajstić information content (AvgIpc) is 2.73. The highest BCUT2D eigenvalue weighted by atomic mass is 16.4. The molecule has 0 aromatic carbocycles. The largest absolute Gasteiger partial charge is 0.481 e. The highest BCUT2D eigenvalue weighted by molar-refractivity contribution is 5.95. The van der Waals surface area contributed by atoms with Crippen LogP contribution in [0.25, 0.3) is 0 Å². The van der Waals surface area contributed by atoms with Crippen molar-refractivity contribution in [2.24, 2.45) is 50.2 Å². The molecule has 34 heavy (non-hydrogen) atoms. The summed E-state index contributed by atoms with van der Waals surface area (Å²) in [6.07, 6.45) is 9.95. The highest BCUT2D eigenvalue weighted by Crippen LogP contribution is 2.75. The van der Waals surface area contributed by atoms with E-state index in [1.807, 2.05) is 13.0 Å². The summed E-state index contributed by atoms with van der Waals surface area (Å²) in [5.41, 5.74) is 0.142. The molecule has 0 saturated heterocycles. The fraction of sp³-hybridized carbons (Fsp3) is 0.867. The van der Waals surface area contributed by atoms with E-state index in [0.29, 0.717) is 12.3 Å². The van der Waals surface area contributed by atoms with Crippen LogP contribution in [0, 0.1) is 50.2 Å². The Bertz CT molecular complexity index is 965. The summed E-state index contributed by atoms with van der Waals surface area (Å²) in [6.45, 7) is 15.8. The maximum absolute atomic E-state index is 14.2. The summed E-state index contributed by atoms with van der Waals surface area (Å²) in [6, 6.07) is 0. The van der Waals surface area contributed by atoms with Gasteiger partial charge in [-0.25, -0.2) is 0 Å². The summed E-state index contributed by atoms with van der Waals surface area (Å²) >= 11 is 0. The van der Waals surface area contributed by atoms with Crippen LogP contribution in [0.2, 0.25) is 0 Å². The molecule has 0 aromatic heterocycles. The molecule has 0 amide bonds. The van der Waals surface area contributed by atoms with Crippen molar-refractivity contribution >= 4 is 11.8 Å². The van der Waals surface area contributed by atoms with Gasteiger partial charge in [0.15, 0.2) is 5.78 Å². The first-order chi connectivity index (χ1) is 15.6. The van der Waals surface area contributed by atoms with Gasteiger partial charge in [0.05, 0.1) is 11.5 Å². The van der Waals surface area contributed by atoms with Crippen molar-refractivity contribution in [3.63, 3.8) is 0 Å². The van der Waals surface area contributed by atoms with Crippen molar-refractivity contribution in [2.75, 3.05) is 0 Å². The number of aliphatic hydroxyl groups excluding tert-OH is 1. The number of allylic oxidation sites excluding steroid dienone is 2. The predicted octanol–water partition coefficient (Wildman–Crippen LogP) is 6.41. The van der Waals surface area contributed by atoms with Crippen molar-refractivity contribution in [3.05, 3.63) is 11.6 Å². The Morgan fingerprint density at radius 1 is 0.912 bits per heavy atom. The minimum absolute atomic E-state index is 0.0296. The second-order valence-electron chi connectivity index (χ2n) is 14.9. The maximum atomic E-state index is 14.2. The molecule has 2 N–H and O–H groups in total. The van der Waals surface area contributed by atoms with Gasteiger partial charge in [0.1, 0.15) is 0 Å². The average molecular weight is 471 g/mol. The molecule has 5 aliphatic rings. The van der Waals surface area contributed by atoms with E-state index in [-0.39, 0.29) is 50.8 Å². The van der Waals surface area contributed by atoms with E-state index in [0.717, 1.165) is 51.4 Å². The molecule has 4 nitrogen and oxygen atoms in total. The minimum Gasteiger partial charge on any atom is -0.481 e. The van der Waals surface area contributed by atoms with Crippen molar-refractivity contribution < 1.29 is 19.8 Å². The van der Waals surface area contributed by atoms with Gasteiger partial charge in [-0.1, -0.05) is 47.1 Å². The monoisotopic (exact) mass is 470 g/mol. The van der Waals surface area contributed by atoms with Gasteiger partial charge >= 0.3 is 5.97 Å². The zero-order chi connectivity index (χ0) is 25.1. The number of ketones is 1. The number of hydrogen-bond acceptors (Lipinski definition) is 3. The molecule has 5 rings (SSSR count). The van der Waals surface area contributed by atoms with Crippen LogP contribution in [0.3, 0.4) is 0 Å². The standard InChI is InChI=1S/C30H46O4/c1-25(2)21-8-11-30(7)23(28(21,5)10-9-22(25)32)20(31)16-18-19-17-27(4,24(33)34)13-12-26(19,3)14-15-29(18,30)6/h16,19,21-23,32H,8-15,17H2,1-7H3,(H,33,34)/t19?,21?,22-,23?,26+,27-,28-,29?,30+/m0/s1. The molecule has 4 heteroatoms. The fourth-order valence-electron chi connectivity index (χ4n) is 10.4. The van der Waals surface area contributed by atoms with Crippen LogP contribution >= 0.6 is 0 Å². The molecule has 0 bridgehead atoms. The van der Waals surface area contributed by atoms with Crippen molar-refractivity contribution in [1.29, 1.82) is 0 Å². The van der Waals surface area contributed by atoms with Gasteiger partial charge in [-0.15, -0.1) is 0 Å². The second kappa shape index (κ2) is 6.99. The SMILES string of the molecule is CC1(C)C2CC[C@]3(C)C(C(=O)C=C4C5C[C@@](C)(C(=O)O)CC[C@]5(C)CCC43C)[C@@]2(C)CC[C@@H]1O. The zero-order valence-corrected chi connectivity index (χ0v) is 22.5. The first-order valence-corrected chi connectivity index (χ1v) is 13.7. The topological polar surface area (TPSA) is 74.6 Å². The first-order valence-electron chi connectivity index (χ1n) is 13.7. The van der Waals surface area contributed by atoms with Crippen molar-refractivity contribution in [1.82, 2.24) is 0 Å². The van der Waals surface area contributed by atoms with E-state index in [2.05, 4.69) is 41.5 Å². The third kappa shape index (κ3) is 2.81. The molecular formula is C30H46O4. The van der Waals surface area contributed by atoms with Gasteiger partial charge in [0.25, 0.3) is 0 Å². The first kappa shape index (κ1) is 24.5. The minimum atomic E-state index is -0.711. The van der Waals surface area contributed by atoms with Crippen LogP contribution < -0.4 is 0 Å². The quantitative estimate of drug-likeness (QED) is 0.464. The molecule has 5 aliphatic carbocycles. The number of carbonyl (C=O) groups excluding carboxylic acids is 1. The zero-order valence-electron chi connectivity index (χ0n) is 22.5. The number of carboxylic acid groups (broad SMARTS) is 1. The lowest BCUT2D eigenvalue weighted by molar-refractivity contribution is -0.202. The van der Waals surface area contributed by atoms with E-state index in [1.54, 1.807) is 0 Å². The van der Waals surface area contributed by atoms with Gasteiger partial charge < -0.3 is 10.2 Å². The molecule has 0 aliphatic heterocycles. The van der Waals surface area contributed by atoms with Gasteiger partial charge in [-0.05, 0) is 110 Å². The number of carboxylic acids is 1. The van der Waals surface area contributed by atoms with Crippen LogP contribution in [0.15, 0.2) is 11.6 Å². The van der Waals surface area contributed by atoms with Gasteiger partial charge in [0, 0.05) is 5.92 Å². The lowest BCUT2D eigenvalue weighted by Crippen LogP contribution is -2.66. The molecule has 4 saturated carbocycles. The van der Waals surface area contributed by atoms with Crippen molar-refractivity contribution in [3.8, 4) is 0 Å². The normalized spacial score (nSPS) is 54.1. The molecule has 9 atom stereocenters. The molecule has 4 unspecified atom stereocenters. The Morgan fingerprint density at radius 3 is 2.21 bits per heavy atom. The molecule has 4 fully saturated rings. The maximum Gasteiger partial charge on any atom is 0.309 e. The van der Waals surface area contributed by atoms with E-state index in [4.69, 9.17) is 0 Å². The number of carbonyl (C=O) groups is 2. The smallest absolute Gasteiger partial charge is 0.309 e. The van der Waals surface area contributed by atoms with Crippen LogP contribution in [-0.4, -0.2) is 28.1 Å². The Labute approximate surface area is 206 Å². The Morgan fingerprint density at radius 2 is 1.56 bits per heavy atom. The lowest BCUT2D eigenvalue weighted by atomic mass is 9.33. The van der Waals surface area contributed by atoms with E-state index >= 15 is 0 Å². The van der Waals surface area contributed by atoms with Crippen LogP contribution in [-0.2, 0) is 9.59 Å². The molecule has 0 heterocycles. The van der Waals surface area contributed by atoms with Crippen LogP contribution in [0.5, 0.6) is 0 Å². The Hall–Kier alpha value is -1.16. The van der Waals surface area contributed by atoms with E-state index in [1.165, 1.54) is 5.57 Å². The van der Waals surface area contributed by atoms with Gasteiger partial charge in [-0.3, -0.25) is 9.59 Å². The summed E-state index contributed by atoms with van der Waals surface area (Å²) in [4.78, 5) is 26.4. The van der Waals surface area contributed by atoms with Crippen molar-refractivity contribution in [2.45, 2.75) is 112 Å². The second-order valence-corrected chi connectivity index (χ2v) is 14.9. The fourth-order valence-corrected chi connectivity index (χ4v) is 10.4. The highest BCUT2D eigenvalue weighted by Gasteiger charge is 2.70. The number of fused-ring (bicyclic) bond motifs is 7.